The van der Waals surface area contributed by atoms with E-state index in [1.165, 1.54) is 0 Å². The zero-order valence-electron chi connectivity index (χ0n) is 11.2. The predicted octanol–water partition coefficient (Wildman–Crippen LogP) is 0.429. The lowest BCUT2D eigenvalue weighted by molar-refractivity contribution is -0.143. The minimum absolute atomic E-state index is 0.175. The van der Waals surface area contributed by atoms with Gasteiger partial charge in [0.1, 0.15) is 5.69 Å². The number of amides is 1. The topological polar surface area (TPSA) is 60.8 Å². The average Bonchev–Trinajstić information content (AvgIpc) is 2.85. The minimum atomic E-state index is -0.777. The van der Waals surface area contributed by atoms with E-state index in [-0.39, 0.29) is 5.91 Å². The normalized spacial score (nSPS) is 17.1. The number of esters is 1. The van der Waals surface area contributed by atoms with Crippen molar-refractivity contribution >= 4 is 11.9 Å². The number of carbonyl (C=O) groups is 2. The molecule has 1 unspecified atom stereocenters. The van der Waals surface area contributed by atoms with Crippen molar-refractivity contribution < 1.29 is 19.1 Å². The molecule has 1 saturated heterocycles. The van der Waals surface area contributed by atoms with Crippen LogP contribution in [0.2, 0.25) is 0 Å². The molecule has 6 nitrogen and oxygen atoms in total. The summed E-state index contributed by atoms with van der Waals surface area (Å²) in [5.41, 5.74) is 0.432. The second-order valence-electron chi connectivity index (χ2n) is 4.49. The quantitative estimate of drug-likeness (QED) is 0.744. The molecule has 1 amide bonds. The maximum Gasteiger partial charge on any atom is 0.355 e. The molecule has 0 bridgehead atoms. The van der Waals surface area contributed by atoms with Crippen LogP contribution < -0.4 is 0 Å². The van der Waals surface area contributed by atoms with E-state index in [0.717, 1.165) is 0 Å². The highest BCUT2D eigenvalue weighted by atomic mass is 16.5. The Morgan fingerprint density at radius 3 is 2.63 bits per heavy atom. The molecule has 1 aromatic heterocycles. The first-order valence-electron chi connectivity index (χ1n) is 6.28. The van der Waals surface area contributed by atoms with Gasteiger partial charge in [-0.15, -0.1) is 0 Å². The van der Waals surface area contributed by atoms with E-state index in [4.69, 9.17) is 9.47 Å². The number of hydrogen-bond acceptors (Lipinski definition) is 4. The summed E-state index contributed by atoms with van der Waals surface area (Å²) in [6.07, 6.45) is 0.978. The fraction of sp³-hybridized carbons (Fsp3) is 0.538. The molecule has 104 valence electrons. The van der Waals surface area contributed by atoms with Gasteiger partial charge in [-0.25, -0.2) is 4.79 Å². The third-order valence-corrected chi connectivity index (χ3v) is 3.11. The van der Waals surface area contributed by atoms with Crippen molar-refractivity contribution in [2.24, 2.45) is 7.05 Å². The van der Waals surface area contributed by atoms with Crippen LogP contribution in [0.1, 0.15) is 17.4 Å². The van der Waals surface area contributed by atoms with Crippen LogP contribution in [0.5, 0.6) is 0 Å². The summed E-state index contributed by atoms with van der Waals surface area (Å²) >= 11 is 0. The fourth-order valence-corrected chi connectivity index (χ4v) is 1.99. The lowest BCUT2D eigenvalue weighted by atomic mass is 10.3. The van der Waals surface area contributed by atoms with E-state index < -0.39 is 12.1 Å². The standard InChI is InChI=1S/C13H18N2O4/c1-10(12(16)15-6-8-18-9-7-15)19-13(17)11-4-3-5-14(11)2/h3-5,10H,6-9H2,1-2H3. The third-order valence-electron chi connectivity index (χ3n) is 3.11. The summed E-state index contributed by atoms with van der Waals surface area (Å²) < 4.78 is 12.0. The van der Waals surface area contributed by atoms with Gasteiger partial charge in [0.2, 0.25) is 0 Å². The summed E-state index contributed by atoms with van der Waals surface area (Å²) in [5, 5.41) is 0. The van der Waals surface area contributed by atoms with Crippen molar-refractivity contribution in [3.05, 3.63) is 24.0 Å². The van der Waals surface area contributed by atoms with Crippen LogP contribution in [0, 0.1) is 0 Å². The van der Waals surface area contributed by atoms with E-state index in [1.807, 2.05) is 0 Å². The van der Waals surface area contributed by atoms with Gasteiger partial charge in [0, 0.05) is 26.3 Å². The number of rotatable bonds is 3. The van der Waals surface area contributed by atoms with Crippen LogP contribution in [-0.4, -0.2) is 53.8 Å². The highest BCUT2D eigenvalue weighted by molar-refractivity contribution is 5.91. The molecule has 0 aliphatic carbocycles. The van der Waals surface area contributed by atoms with Crippen molar-refractivity contribution in [2.75, 3.05) is 26.3 Å². The summed E-state index contributed by atoms with van der Waals surface area (Å²) in [7, 11) is 1.76. The number of carbonyl (C=O) groups excluding carboxylic acids is 2. The molecular formula is C13H18N2O4. The Kier molecular flexibility index (Phi) is 4.21. The highest BCUT2D eigenvalue weighted by Crippen LogP contribution is 2.08. The molecule has 1 fully saturated rings. The van der Waals surface area contributed by atoms with Crippen LogP contribution in [0.4, 0.5) is 0 Å². The minimum Gasteiger partial charge on any atom is -0.448 e. The molecule has 1 atom stereocenters. The van der Waals surface area contributed by atoms with Crippen LogP contribution in [-0.2, 0) is 21.3 Å². The molecule has 19 heavy (non-hydrogen) atoms. The molecule has 1 aliphatic heterocycles. The molecule has 2 rings (SSSR count). The first kappa shape index (κ1) is 13.6. The van der Waals surface area contributed by atoms with E-state index in [0.29, 0.717) is 32.0 Å². The second kappa shape index (κ2) is 5.88. The van der Waals surface area contributed by atoms with Crippen molar-refractivity contribution in [1.29, 1.82) is 0 Å². The largest absolute Gasteiger partial charge is 0.448 e. The van der Waals surface area contributed by atoms with Gasteiger partial charge in [0.15, 0.2) is 6.10 Å². The zero-order chi connectivity index (χ0) is 13.8. The number of nitrogens with zero attached hydrogens (tertiary/aromatic N) is 2. The molecule has 2 heterocycles. The van der Waals surface area contributed by atoms with Gasteiger partial charge < -0.3 is 18.9 Å². The Morgan fingerprint density at radius 2 is 2.05 bits per heavy atom. The SMILES string of the molecule is CC(OC(=O)c1cccn1C)C(=O)N1CCOCC1. The molecule has 1 aliphatic rings. The Labute approximate surface area is 111 Å². The number of aromatic nitrogens is 1. The summed E-state index contributed by atoms with van der Waals surface area (Å²) in [6.45, 7) is 3.75. The maximum absolute atomic E-state index is 12.1. The van der Waals surface area contributed by atoms with Gasteiger partial charge in [-0.2, -0.15) is 0 Å². The smallest absolute Gasteiger partial charge is 0.355 e. The third kappa shape index (κ3) is 3.14. The van der Waals surface area contributed by atoms with Gasteiger partial charge in [-0.1, -0.05) is 0 Å². The molecule has 0 N–H and O–H groups in total. The Hall–Kier alpha value is -1.82. The lowest BCUT2D eigenvalue weighted by Crippen LogP contribution is -2.46. The Bertz CT molecular complexity index is 463. The van der Waals surface area contributed by atoms with Crippen LogP contribution in [0.15, 0.2) is 18.3 Å². The van der Waals surface area contributed by atoms with Gasteiger partial charge in [0.05, 0.1) is 13.2 Å². The highest BCUT2D eigenvalue weighted by Gasteiger charge is 2.26. The summed E-state index contributed by atoms with van der Waals surface area (Å²) in [4.78, 5) is 25.6. The molecule has 0 radical (unpaired) electrons. The fourth-order valence-electron chi connectivity index (χ4n) is 1.99. The van der Waals surface area contributed by atoms with Crippen molar-refractivity contribution in [1.82, 2.24) is 9.47 Å². The van der Waals surface area contributed by atoms with Crippen molar-refractivity contribution in [2.45, 2.75) is 13.0 Å². The molecular weight excluding hydrogens is 248 g/mol. The summed E-state index contributed by atoms with van der Waals surface area (Å²) in [5.74, 6) is -0.660. The van der Waals surface area contributed by atoms with E-state index in [1.54, 1.807) is 41.8 Å². The van der Waals surface area contributed by atoms with E-state index in [2.05, 4.69) is 0 Å². The maximum atomic E-state index is 12.1. The number of aryl methyl sites for hydroxylation is 1. The van der Waals surface area contributed by atoms with Crippen molar-refractivity contribution in [3.8, 4) is 0 Å². The number of morpholine rings is 1. The molecule has 0 saturated carbocycles. The zero-order valence-corrected chi connectivity index (χ0v) is 11.2. The van der Waals surface area contributed by atoms with Crippen LogP contribution in [0.3, 0.4) is 0 Å². The first-order valence-corrected chi connectivity index (χ1v) is 6.28. The second-order valence-corrected chi connectivity index (χ2v) is 4.49. The molecule has 1 aromatic rings. The van der Waals surface area contributed by atoms with Crippen LogP contribution in [0.25, 0.3) is 0 Å². The monoisotopic (exact) mass is 266 g/mol. The van der Waals surface area contributed by atoms with E-state index in [9.17, 15) is 9.59 Å². The lowest BCUT2D eigenvalue weighted by Gasteiger charge is -2.28. The average molecular weight is 266 g/mol. The molecule has 0 aromatic carbocycles. The molecule has 6 heteroatoms. The van der Waals surface area contributed by atoms with Gasteiger partial charge in [0.25, 0.3) is 5.91 Å². The Morgan fingerprint density at radius 1 is 1.37 bits per heavy atom. The Balaban J connectivity index is 1.93. The van der Waals surface area contributed by atoms with Crippen molar-refractivity contribution in [3.63, 3.8) is 0 Å². The molecule has 0 spiro atoms. The van der Waals surface area contributed by atoms with Gasteiger partial charge in [-0.3, -0.25) is 4.79 Å². The number of ether oxygens (including phenoxy) is 2. The number of hydrogen-bond donors (Lipinski definition) is 0. The summed E-state index contributed by atoms with van der Waals surface area (Å²) in [6, 6.07) is 3.42. The van der Waals surface area contributed by atoms with Gasteiger partial charge in [-0.05, 0) is 19.1 Å². The van der Waals surface area contributed by atoms with Crippen LogP contribution >= 0.6 is 0 Å². The predicted molar refractivity (Wildman–Crippen MR) is 67.7 cm³/mol. The van der Waals surface area contributed by atoms with E-state index >= 15 is 0 Å². The first-order chi connectivity index (χ1) is 9.09. The van der Waals surface area contributed by atoms with Gasteiger partial charge >= 0.3 is 5.97 Å².